The Hall–Kier alpha value is -3.43. The summed E-state index contributed by atoms with van der Waals surface area (Å²) in [5, 5.41) is 3.94. The second kappa shape index (κ2) is 11.4. The molecule has 33 heavy (non-hydrogen) atoms. The minimum absolute atomic E-state index is 0.0834. The largest absolute Gasteiger partial charge is 0.490 e. The average Bonchev–Trinajstić information content (AvgIpc) is 2.82. The van der Waals surface area contributed by atoms with E-state index in [9.17, 15) is 13.2 Å². The predicted molar refractivity (Wildman–Crippen MR) is 133 cm³/mol. The van der Waals surface area contributed by atoms with E-state index >= 15 is 0 Å². The highest BCUT2D eigenvalue weighted by atomic mass is 79.9. The van der Waals surface area contributed by atoms with Gasteiger partial charge in [0.25, 0.3) is 15.9 Å². The van der Waals surface area contributed by atoms with Crippen LogP contribution in [0.15, 0.2) is 106 Å². The monoisotopic (exact) mass is 527 g/mol. The third-order valence-corrected chi connectivity index (χ3v) is 6.65. The molecule has 0 aliphatic carbocycles. The number of halogens is 1. The van der Waals surface area contributed by atoms with E-state index in [0.717, 1.165) is 9.87 Å². The Kier molecular flexibility index (Phi) is 8.39. The number of hydrazone groups is 1. The number of hydrogen-bond donors (Lipinski definition) is 1. The number of sulfonamides is 1. The Morgan fingerprint density at radius 3 is 2.45 bits per heavy atom. The van der Waals surface area contributed by atoms with Gasteiger partial charge in [0, 0.05) is 4.47 Å². The van der Waals surface area contributed by atoms with Gasteiger partial charge in [-0.15, -0.1) is 0 Å². The lowest BCUT2D eigenvalue weighted by molar-refractivity contribution is -0.119. The third-order valence-electron chi connectivity index (χ3n) is 4.37. The highest BCUT2D eigenvalue weighted by molar-refractivity contribution is 9.10. The van der Waals surface area contributed by atoms with E-state index in [2.05, 4.69) is 33.0 Å². The third kappa shape index (κ3) is 6.77. The molecule has 1 N–H and O–H groups in total. The number of benzene rings is 3. The molecule has 0 radical (unpaired) electrons. The van der Waals surface area contributed by atoms with Gasteiger partial charge in [0.1, 0.15) is 18.9 Å². The molecule has 0 atom stereocenters. The van der Waals surface area contributed by atoms with Gasteiger partial charge in [0.15, 0.2) is 0 Å². The molecule has 1 amide bonds. The Morgan fingerprint density at radius 1 is 1.06 bits per heavy atom. The summed E-state index contributed by atoms with van der Waals surface area (Å²) >= 11 is 3.35. The zero-order valence-corrected chi connectivity index (χ0v) is 20.0. The van der Waals surface area contributed by atoms with Gasteiger partial charge in [-0.3, -0.25) is 9.10 Å². The molecule has 0 saturated carbocycles. The van der Waals surface area contributed by atoms with Crippen molar-refractivity contribution in [2.45, 2.75) is 4.90 Å². The van der Waals surface area contributed by atoms with Crippen LogP contribution in [-0.2, 0) is 14.8 Å². The zero-order valence-electron chi connectivity index (χ0n) is 17.6. The van der Waals surface area contributed by atoms with Crippen molar-refractivity contribution in [2.75, 3.05) is 17.5 Å². The highest BCUT2D eigenvalue weighted by Gasteiger charge is 2.27. The lowest BCUT2D eigenvalue weighted by Gasteiger charge is -2.23. The summed E-state index contributed by atoms with van der Waals surface area (Å²) in [7, 11) is -3.98. The first-order valence-electron chi connectivity index (χ1n) is 9.89. The van der Waals surface area contributed by atoms with Gasteiger partial charge >= 0.3 is 0 Å². The molecule has 7 nitrogen and oxygen atoms in total. The number of hydrogen-bond acceptors (Lipinski definition) is 5. The molecular formula is C24H22BrN3O4S. The fraction of sp³-hybridized carbons (Fsp3) is 0.0833. The molecule has 3 aromatic carbocycles. The maximum Gasteiger partial charge on any atom is 0.264 e. The first-order chi connectivity index (χ1) is 15.9. The van der Waals surface area contributed by atoms with Crippen LogP contribution in [0.3, 0.4) is 0 Å². The minimum atomic E-state index is -3.98. The quantitative estimate of drug-likeness (QED) is 0.241. The molecule has 170 valence electrons. The van der Waals surface area contributed by atoms with E-state index in [1.165, 1.54) is 18.3 Å². The molecule has 0 aromatic heterocycles. The Morgan fingerprint density at radius 2 is 1.79 bits per heavy atom. The number of anilines is 1. The van der Waals surface area contributed by atoms with Crippen molar-refractivity contribution < 1.29 is 17.9 Å². The lowest BCUT2D eigenvalue weighted by atomic mass is 10.2. The van der Waals surface area contributed by atoms with Crippen molar-refractivity contribution in [1.82, 2.24) is 5.43 Å². The van der Waals surface area contributed by atoms with Gasteiger partial charge in [-0.25, -0.2) is 13.8 Å². The van der Waals surface area contributed by atoms with E-state index in [0.29, 0.717) is 22.5 Å². The van der Waals surface area contributed by atoms with Gasteiger partial charge in [0.05, 0.1) is 16.8 Å². The van der Waals surface area contributed by atoms with Crippen molar-refractivity contribution in [2.24, 2.45) is 5.10 Å². The molecule has 3 aromatic rings. The zero-order chi connectivity index (χ0) is 23.7. The summed E-state index contributed by atoms with van der Waals surface area (Å²) in [5.41, 5.74) is 3.47. The van der Waals surface area contributed by atoms with Gasteiger partial charge in [-0.2, -0.15) is 5.10 Å². The standard InChI is InChI=1S/C24H22BrN3O4S/c1-2-15-32-22-13-11-19(12-14-22)17-26-27-24(29)18-28(21-8-6-7-20(25)16-21)33(30,31)23-9-4-3-5-10-23/h2-14,16-17H,1,15,18H2,(H,27,29)/b26-17-. The van der Waals surface area contributed by atoms with Crippen molar-refractivity contribution in [3.8, 4) is 5.75 Å². The minimum Gasteiger partial charge on any atom is -0.490 e. The van der Waals surface area contributed by atoms with E-state index in [1.807, 2.05) is 0 Å². The Bertz CT molecular complexity index is 1230. The number of carbonyl (C=O) groups excluding carboxylic acids is 1. The predicted octanol–water partition coefficient (Wildman–Crippen LogP) is 4.36. The van der Waals surface area contributed by atoms with E-state index in [1.54, 1.807) is 72.8 Å². The number of rotatable bonds is 10. The van der Waals surface area contributed by atoms with Crippen LogP contribution in [0.5, 0.6) is 5.75 Å². The molecule has 0 aliphatic rings. The Balaban J connectivity index is 1.74. The fourth-order valence-corrected chi connectivity index (χ4v) is 4.64. The number of ether oxygens (including phenoxy) is 1. The van der Waals surface area contributed by atoms with Crippen molar-refractivity contribution in [3.63, 3.8) is 0 Å². The summed E-state index contributed by atoms with van der Waals surface area (Å²) in [6, 6.07) is 21.8. The molecule has 0 aliphatic heterocycles. The normalized spacial score (nSPS) is 11.2. The van der Waals surface area contributed by atoms with Crippen LogP contribution in [0.25, 0.3) is 0 Å². The summed E-state index contributed by atoms with van der Waals surface area (Å²) in [4.78, 5) is 12.7. The number of amides is 1. The maximum atomic E-state index is 13.3. The van der Waals surface area contributed by atoms with Crippen molar-refractivity contribution in [1.29, 1.82) is 0 Å². The Labute approximate surface area is 201 Å². The van der Waals surface area contributed by atoms with Gasteiger partial charge in [-0.1, -0.05) is 52.9 Å². The maximum absolute atomic E-state index is 13.3. The second-order valence-corrected chi connectivity index (χ2v) is 9.54. The topological polar surface area (TPSA) is 88.1 Å². The first kappa shape index (κ1) is 24.2. The molecule has 0 saturated heterocycles. The molecule has 0 spiro atoms. The molecule has 9 heteroatoms. The van der Waals surface area contributed by atoms with Gasteiger partial charge in [-0.05, 0) is 60.2 Å². The number of nitrogens with one attached hydrogen (secondary N) is 1. The highest BCUT2D eigenvalue weighted by Crippen LogP contribution is 2.26. The van der Waals surface area contributed by atoms with Crippen LogP contribution in [0.1, 0.15) is 5.56 Å². The SMILES string of the molecule is C=CCOc1ccc(/C=N\NC(=O)CN(c2cccc(Br)c2)S(=O)(=O)c2ccccc2)cc1. The van der Waals surface area contributed by atoms with Gasteiger partial charge in [0.2, 0.25) is 0 Å². The molecule has 3 rings (SSSR count). The summed E-state index contributed by atoms with van der Waals surface area (Å²) in [5.74, 6) is 0.100. The molecule has 0 unspecified atom stereocenters. The van der Waals surface area contributed by atoms with Crippen LogP contribution in [-0.4, -0.2) is 33.7 Å². The smallest absolute Gasteiger partial charge is 0.264 e. The lowest BCUT2D eigenvalue weighted by Crippen LogP contribution is -2.39. The second-order valence-electron chi connectivity index (χ2n) is 6.77. The van der Waals surface area contributed by atoms with Gasteiger partial charge < -0.3 is 4.74 Å². The summed E-state index contributed by atoms with van der Waals surface area (Å²) in [6.07, 6.45) is 3.12. The van der Waals surface area contributed by atoms with Crippen LogP contribution >= 0.6 is 15.9 Å². The first-order valence-corrected chi connectivity index (χ1v) is 12.1. The van der Waals surface area contributed by atoms with Crippen LogP contribution in [0.2, 0.25) is 0 Å². The average molecular weight is 528 g/mol. The van der Waals surface area contributed by atoms with Crippen LogP contribution in [0, 0.1) is 0 Å². The molecule has 0 heterocycles. The molecular weight excluding hydrogens is 506 g/mol. The van der Waals surface area contributed by atoms with Crippen molar-refractivity contribution >= 4 is 43.8 Å². The van der Waals surface area contributed by atoms with Crippen LogP contribution < -0.4 is 14.5 Å². The van der Waals surface area contributed by atoms with Crippen LogP contribution in [0.4, 0.5) is 5.69 Å². The van der Waals surface area contributed by atoms with E-state index in [4.69, 9.17) is 4.74 Å². The molecule has 0 bridgehead atoms. The van der Waals surface area contributed by atoms with Crippen molar-refractivity contribution in [3.05, 3.63) is 102 Å². The molecule has 0 fully saturated rings. The summed E-state index contributed by atoms with van der Waals surface area (Å²) in [6.45, 7) is 3.56. The summed E-state index contributed by atoms with van der Waals surface area (Å²) < 4.78 is 33.7. The number of nitrogens with zero attached hydrogens (tertiary/aromatic N) is 2. The fourth-order valence-electron chi connectivity index (χ4n) is 2.82. The van der Waals surface area contributed by atoms with E-state index in [-0.39, 0.29) is 4.90 Å². The van der Waals surface area contributed by atoms with E-state index < -0.39 is 22.5 Å². The number of carbonyl (C=O) groups is 1.